The molecule has 0 saturated heterocycles. The molecular formula is C52H44N2. The van der Waals surface area contributed by atoms with Gasteiger partial charge in [-0.3, -0.25) is 0 Å². The monoisotopic (exact) mass is 696 g/mol. The van der Waals surface area contributed by atoms with Crippen molar-refractivity contribution in [2.75, 3.05) is 5.32 Å². The number of benzene rings is 7. The summed E-state index contributed by atoms with van der Waals surface area (Å²) in [5, 5.41) is 6.16. The van der Waals surface area contributed by atoms with Crippen LogP contribution in [0.1, 0.15) is 37.5 Å². The summed E-state index contributed by atoms with van der Waals surface area (Å²) in [5.41, 5.74) is 16.3. The molecule has 0 aliphatic heterocycles. The van der Waals surface area contributed by atoms with Crippen LogP contribution in [0.25, 0.3) is 55.3 Å². The average Bonchev–Trinajstić information content (AvgIpc) is 3.68. The van der Waals surface area contributed by atoms with Crippen LogP contribution < -0.4 is 5.32 Å². The predicted molar refractivity (Wildman–Crippen MR) is 233 cm³/mol. The summed E-state index contributed by atoms with van der Waals surface area (Å²) in [4.78, 5) is 0. The Morgan fingerprint density at radius 2 is 1.15 bits per heavy atom. The Bertz CT molecular complexity index is 2600. The van der Waals surface area contributed by atoms with Crippen molar-refractivity contribution in [1.82, 2.24) is 4.57 Å². The molecule has 0 atom stereocenters. The molecule has 54 heavy (non-hydrogen) atoms. The zero-order valence-electron chi connectivity index (χ0n) is 31.1. The molecule has 7 aromatic carbocycles. The van der Waals surface area contributed by atoms with Crippen molar-refractivity contribution in [3.8, 4) is 27.9 Å². The first-order valence-corrected chi connectivity index (χ1v) is 18.7. The molecule has 2 heteroatoms. The number of allylic oxidation sites excluding steroid dienone is 5. The average molecular weight is 697 g/mol. The fourth-order valence-corrected chi connectivity index (χ4v) is 7.86. The summed E-state index contributed by atoms with van der Waals surface area (Å²) >= 11 is 0. The highest BCUT2D eigenvalue weighted by Crippen LogP contribution is 2.49. The summed E-state index contributed by atoms with van der Waals surface area (Å²) < 4.78 is 2.35. The molecule has 0 amide bonds. The molecule has 1 aliphatic rings. The largest absolute Gasteiger partial charge is 0.356 e. The Morgan fingerprint density at radius 3 is 1.81 bits per heavy atom. The second kappa shape index (κ2) is 14.8. The minimum Gasteiger partial charge on any atom is -0.356 e. The quantitative estimate of drug-likeness (QED) is 0.164. The zero-order valence-corrected chi connectivity index (χ0v) is 31.1. The van der Waals surface area contributed by atoms with Crippen LogP contribution in [0.3, 0.4) is 0 Å². The Labute approximate surface area is 319 Å². The molecule has 1 aliphatic carbocycles. The maximum atomic E-state index is 3.75. The highest BCUT2D eigenvalue weighted by atomic mass is 15.0. The zero-order chi connectivity index (χ0) is 37.1. The number of aromatic nitrogens is 1. The van der Waals surface area contributed by atoms with Gasteiger partial charge in [0.15, 0.2) is 0 Å². The van der Waals surface area contributed by atoms with Crippen molar-refractivity contribution in [1.29, 1.82) is 0 Å². The first-order valence-electron chi connectivity index (χ1n) is 18.7. The van der Waals surface area contributed by atoms with Gasteiger partial charge in [-0.2, -0.15) is 0 Å². The van der Waals surface area contributed by atoms with Gasteiger partial charge in [-0.15, -0.1) is 0 Å². The second-order valence-corrected chi connectivity index (χ2v) is 14.3. The second-order valence-electron chi connectivity index (χ2n) is 14.3. The lowest BCUT2D eigenvalue weighted by atomic mass is 9.82. The van der Waals surface area contributed by atoms with E-state index in [0.717, 1.165) is 11.4 Å². The summed E-state index contributed by atoms with van der Waals surface area (Å²) in [6, 6.07) is 60.6. The Balaban J connectivity index is 0.000000155. The van der Waals surface area contributed by atoms with Gasteiger partial charge in [-0.05, 0) is 100.0 Å². The maximum absolute atomic E-state index is 3.75. The normalized spacial score (nSPS) is 13.0. The van der Waals surface area contributed by atoms with Crippen molar-refractivity contribution in [3.63, 3.8) is 0 Å². The Hall–Kier alpha value is -6.64. The van der Waals surface area contributed by atoms with Gasteiger partial charge in [0.1, 0.15) is 0 Å². The van der Waals surface area contributed by atoms with Crippen LogP contribution in [0.5, 0.6) is 0 Å². The van der Waals surface area contributed by atoms with Crippen LogP contribution in [0.15, 0.2) is 201 Å². The van der Waals surface area contributed by atoms with Gasteiger partial charge < -0.3 is 9.88 Å². The van der Waals surface area contributed by atoms with Gasteiger partial charge in [0.2, 0.25) is 0 Å². The molecular weight excluding hydrogens is 653 g/mol. The molecule has 1 N–H and O–H groups in total. The lowest BCUT2D eigenvalue weighted by Gasteiger charge is -2.22. The van der Waals surface area contributed by atoms with Gasteiger partial charge in [0.05, 0.1) is 11.0 Å². The van der Waals surface area contributed by atoms with E-state index in [-0.39, 0.29) is 5.41 Å². The van der Waals surface area contributed by atoms with Gasteiger partial charge in [-0.1, -0.05) is 166 Å². The molecule has 0 unspecified atom stereocenters. The molecule has 0 saturated carbocycles. The minimum absolute atomic E-state index is 0.0196. The van der Waals surface area contributed by atoms with Crippen molar-refractivity contribution >= 4 is 38.8 Å². The van der Waals surface area contributed by atoms with Gasteiger partial charge in [0, 0.05) is 33.2 Å². The summed E-state index contributed by atoms with van der Waals surface area (Å²) in [6.45, 7) is 10.4. The smallest absolute Gasteiger partial charge is 0.0541 e. The molecule has 1 heterocycles. The van der Waals surface area contributed by atoms with Crippen LogP contribution in [0.2, 0.25) is 0 Å². The van der Waals surface area contributed by atoms with Crippen LogP contribution in [-0.4, -0.2) is 4.57 Å². The fourth-order valence-electron chi connectivity index (χ4n) is 7.86. The van der Waals surface area contributed by atoms with Crippen molar-refractivity contribution in [3.05, 3.63) is 217 Å². The number of nitrogens with one attached hydrogen (secondary N) is 1. The number of rotatable bonds is 7. The summed E-state index contributed by atoms with van der Waals surface area (Å²) in [6.07, 6.45) is 7.96. The van der Waals surface area contributed by atoms with E-state index < -0.39 is 0 Å². The van der Waals surface area contributed by atoms with Gasteiger partial charge in [0.25, 0.3) is 0 Å². The topological polar surface area (TPSA) is 17.0 Å². The lowest BCUT2D eigenvalue weighted by Crippen LogP contribution is -2.15. The van der Waals surface area contributed by atoms with Gasteiger partial charge >= 0.3 is 0 Å². The molecule has 9 rings (SSSR count). The fraction of sp³-hybridized carbons (Fsp3) is 0.0769. The molecule has 0 radical (unpaired) electrons. The summed E-state index contributed by atoms with van der Waals surface area (Å²) in [5.74, 6) is 0. The third-order valence-electron chi connectivity index (χ3n) is 10.6. The van der Waals surface area contributed by atoms with E-state index in [1.165, 1.54) is 72.0 Å². The van der Waals surface area contributed by atoms with E-state index >= 15 is 0 Å². The molecule has 1 aromatic heterocycles. The number of fused-ring (bicyclic) bond motifs is 6. The third-order valence-corrected chi connectivity index (χ3v) is 10.6. The van der Waals surface area contributed by atoms with Crippen LogP contribution in [0, 0.1) is 0 Å². The van der Waals surface area contributed by atoms with Crippen molar-refractivity contribution < 1.29 is 0 Å². The highest BCUT2D eigenvalue weighted by molar-refractivity contribution is 6.09. The van der Waals surface area contributed by atoms with E-state index in [1.54, 1.807) is 6.08 Å². The Kier molecular flexibility index (Phi) is 9.42. The van der Waals surface area contributed by atoms with E-state index in [9.17, 15) is 0 Å². The van der Waals surface area contributed by atoms with Gasteiger partial charge in [-0.25, -0.2) is 0 Å². The van der Waals surface area contributed by atoms with E-state index in [0.29, 0.717) is 0 Å². The van der Waals surface area contributed by atoms with E-state index in [2.05, 4.69) is 219 Å². The number of hydrogen-bond donors (Lipinski definition) is 1. The molecule has 0 spiro atoms. The standard InChI is InChI=1S/C28H27N.C24H17N/c1-5-7-10-20(6-2)21-13-15-22(16-14-21)29-23-17-18-25-24-11-8-9-12-26(24)28(3,4)27(25)19-23;1-2-8-18(9-3-1)19-14-16-20(17-15-19)25-23-12-6-4-10-21(23)22-11-5-7-13-24(22)25/h5-19,29H,1H2,2-4H3;1-17H/b10-7-,20-6+;. The first-order chi connectivity index (χ1) is 26.5. The number of anilines is 2. The molecule has 8 aromatic rings. The number of hydrogen-bond acceptors (Lipinski definition) is 1. The van der Waals surface area contributed by atoms with Crippen LogP contribution >= 0.6 is 0 Å². The van der Waals surface area contributed by atoms with Crippen molar-refractivity contribution in [2.45, 2.75) is 26.2 Å². The molecule has 262 valence electrons. The minimum atomic E-state index is 0.0196. The number of nitrogens with zero attached hydrogens (tertiary/aromatic N) is 1. The predicted octanol–water partition coefficient (Wildman–Crippen LogP) is 14.3. The molecule has 0 fully saturated rings. The first kappa shape index (κ1) is 34.4. The highest BCUT2D eigenvalue weighted by Gasteiger charge is 2.35. The molecule has 0 bridgehead atoms. The van der Waals surface area contributed by atoms with Crippen LogP contribution in [0.4, 0.5) is 11.4 Å². The third kappa shape index (κ3) is 6.48. The summed E-state index contributed by atoms with van der Waals surface area (Å²) in [7, 11) is 0. The van der Waals surface area contributed by atoms with Crippen molar-refractivity contribution in [2.24, 2.45) is 0 Å². The molecule has 2 nitrogen and oxygen atoms in total. The number of para-hydroxylation sites is 2. The SMILES string of the molecule is C=C/C=C\C(=C/C)c1ccc(Nc2ccc3c(c2)C(C)(C)c2ccccc2-3)cc1.c1ccc(-c2ccc(-n3c4ccccc4c4ccccc43)cc2)cc1. The Morgan fingerprint density at radius 1 is 0.574 bits per heavy atom. The lowest BCUT2D eigenvalue weighted by molar-refractivity contribution is 0.660. The van der Waals surface area contributed by atoms with E-state index in [1.807, 2.05) is 6.08 Å². The maximum Gasteiger partial charge on any atom is 0.0541 e. The van der Waals surface area contributed by atoms with E-state index in [4.69, 9.17) is 0 Å². The van der Waals surface area contributed by atoms with Crippen LogP contribution in [-0.2, 0) is 5.41 Å².